The summed E-state index contributed by atoms with van der Waals surface area (Å²) < 4.78 is 22.7. The summed E-state index contributed by atoms with van der Waals surface area (Å²) in [5.74, 6) is 0. The van der Waals surface area contributed by atoms with Gasteiger partial charge in [-0.2, -0.15) is 0 Å². The van der Waals surface area contributed by atoms with Crippen LogP contribution >= 0.6 is 0 Å². The summed E-state index contributed by atoms with van der Waals surface area (Å²) in [6.07, 6.45) is 1.50. The molecule has 0 aromatic carbocycles. The van der Waals surface area contributed by atoms with Crippen LogP contribution in [0.5, 0.6) is 0 Å². The highest BCUT2D eigenvalue weighted by Gasteiger charge is 2.39. The molecule has 0 bridgehead atoms. The molecule has 6 heteroatoms. The van der Waals surface area contributed by atoms with E-state index in [1.54, 1.807) is 0 Å². The van der Waals surface area contributed by atoms with Crippen molar-refractivity contribution in [1.29, 1.82) is 0 Å². The molecule has 1 unspecified atom stereocenters. The van der Waals surface area contributed by atoms with Crippen LogP contribution in [-0.4, -0.2) is 41.5 Å². The summed E-state index contributed by atoms with van der Waals surface area (Å²) in [7, 11) is -2.50. The smallest absolute Gasteiger partial charge is 0.374 e. The first-order valence-electron chi connectivity index (χ1n) is 6.93. The van der Waals surface area contributed by atoms with Crippen molar-refractivity contribution in [3.05, 3.63) is 0 Å². The maximum Gasteiger partial charge on any atom is 0.501 e. The largest absolute Gasteiger partial charge is 0.501 e. The Balaban J connectivity index is 4.12. The number of hydrogen-bond donors (Lipinski definition) is 1. The van der Waals surface area contributed by atoms with Gasteiger partial charge in [0.05, 0.1) is 0 Å². The van der Waals surface area contributed by atoms with Crippen LogP contribution in [0.4, 0.5) is 0 Å². The summed E-state index contributed by atoms with van der Waals surface area (Å²) in [6.45, 7) is 10.3. The van der Waals surface area contributed by atoms with Crippen LogP contribution in [-0.2, 0) is 18.0 Å². The summed E-state index contributed by atoms with van der Waals surface area (Å²) in [4.78, 5) is 0. The molecule has 0 amide bonds. The van der Waals surface area contributed by atoms with E-state index in [0.717, 1.165) is 18.9 Å². The molecule has 0 saturated carbocycles. The molecular weight excluding hydrogens is 250 g/mol. The third kappa shape index (κ3) is 7.45. The molecule has 0 rings (SSSR count). The monoisotopic (exact) mass is 279 g/mol. The molecule has 0 aliphatic heterocycles. The van der Waals surface area contributed by atoms with E-state index in [1.165, 1.54) is 0 Å². The Kier molecular flexibility index (Phi) is 10.9. The highest BCUT2D eigenvalue weighted by molar-refractivity contribution is 6.60. The fourth-order valence-electron chi connectivity index (χ4n) is 1.64. The fourth-order valence-corrected chi connectivity index (χ4v) is 4.22. The molecule has 110 valence electrons. The molecule has 0 aromatic rings. The van der Waals surface area contributed by atoms with Gasteiger partial charge in [-0.1, -0.05) is 6.92 Å². The highest BCUT2D eigenvalue weighted by atomic mass is 28.4. The molecule has 0 saturated heterocycles. The highest BCUT2D eigenvalue weighted by Crippen LogP contribution is 2.18. The van der Waals surface area contributed by atoms with E-state index in [2.05, 4.69) is 0 Å². The third-order valence-electron chi connectivity index (χ3n) is 2.45. The number of hydrogen-bond acceptors (Lipinski definition) is 5. The maximum absolute atomic E-state index is 5.75. The second kappa shape index (κ2) is 10.9. The number of rotatable bonds is 12. The van der Waals surface area contributed by atoms with Crippen LogP contribution in [0, 0.1) is 0 Å². The van der Waals surface area contributed by atoms with Crippen molar-refractivity contribution in [2.45, 2.75) is 52.8 Å². The third-order valence-corrected chi connectivity index (χ3v) is 5.61. The van der Waals surface area contributed by atoms with Gasteiger partial charge < -0.3 is 23.7 Å². The van der Waals surface area contributed by atoms with E-state index >= 15 is 0 Å². The minimum atomic E-state index is -2.50. The average molecular weight is 279 g/mol. The molecule has 5 nitrogen and oxygen atoms in total. The van der Waals surface area contributed by atoms with Crippen molar-refractivity contribution in [2.75, 3.05) is 26.4 Å². The first kappa shape index (κ1) is 18.0. The average Bonchev–Trinajstić information content (AvgIpc) is 2.35. The first-order valence-corrected chi connectivity index (χ1v) is 8.86. The molecule has 0 heterocycles. The lowest BCUT2D eigenvalue weighted by atomic mass is 10.4. The van der Waals surface area contributed by atoms with Gasteiger partial charge in [-0.25, -0.2) is 0 Å². The van der Waals surface area contributed by atoms with E-state index in [-0.39, 0.29) is 6.23 Å². The summed E-state index contributed by atoms with van der Waals surface area (Å²) in [5.41, 5.74) is 5.69. The van der Waals surface area contributed by atoms with Crippen molar-refractivity contribution in [3.63, 3.8) is 0 Å². The van der Waals surface area contributed by atoms with Gasteiger partial charge in [-0.05, 0) is 33.6 Å². The second-order valence-corrected chi connectivity index (χ2v) is 6.64. The molecule has 0 aliphatic rings. The first-order chi connectivity index (χ1) is 8.64. The van der Waals surface area contributed by atoms with Crippen molar-refractivity contribution >= 4 is 8.80 Å². The van der Waals surface area contributed by atoms with Crippen molar-refractivity contribution < 1.29 is 18.0 Å². The van der Waals surface area contributed by atoms with Gasteiger partial charge in [0.2, 0.25) is 0 Å². The molecule has 0 aromatic heterocycles. The van der Waals surface area contributed by atoms with E-state index in [9.17, 15) is 0 Å². The second-order valence-electron chi connectivity index (χ2n) is 3.90. The lowest BCUT2D eigenvalue weighted by Gasteiger charge is -2.28. The summed E-state index contributed by atoms with van der Waals surface area (Å²) >= 11 is 0. The van der Waals surface area contributed by atoms with Crippen LogP contribution in [0.1, 0.15) is 40.5 Å². The number of ether oxygens (including phenoxy) is 1. The van der Waals surface area contributed by atoms with Gasteiger partial charge >= 0.3 is 8.80 Å². The molecular formula is C12H29NO4Si. The van der Waals surface area contributed by atoms with E-state index in [1.807, 2.05) is 27.7 Å². The molecule has 0 radical (unpaired) electrons. The Bertz CT molecular complexity index is 178. The standard InChI is InChI=1S/C12H29NO4Si/c1-5-12(13)14-10-9-11-18(15-6-2,16-7-3)17-8-4/h12H,5-11,13H2,1-4H3. The van der Waals surface area contributed by atoms with Gasteiger partial charge in [-0.3, -0.25) is 0 Å². The lowest BCUT2D eigenvalue weighted by molar-refractivity contribution is 0.0443. The van der Waals surface area contributed by atoms with Gasteiger partial charge in [0.25, 0.3) is 0 Å². The van der Waals surface area contributed by atoms with Crippen LogP contribution in [0.25, 0.3) is 0 Å². The molecule has 2 N–H and O–H groups in total. The van der Waals surface area contributed by atoms with Gasteiger partial charge in [0, 0.05) is 32.5 Å². The molecule has 0 aliphatic carbocycles. The van der Waals surface area contributed by atoms with Gasteiger partial charge in [0.1, 0.15) is 6.23 Å². The fraction of sp³-hybridized carbons (Fsp3) is 1.00. The molecule has 0 spiro atoms. The van der Waals surface area contributed by atoms with Gasteiger partial charge in [0.15, 0.2) is 0 Å². The van der Waals surface area contributed by atoms with Crippen LogP contribution in [0.3, 0.4) is 0 Å². The summed E-state index contributed by atoms with van der Waals surface area (Å²) in [5, 5.41) is 0. The van der Waals surface area contributed by atoms with E-state index < -0.39 is 8.80 Å². The van der Waals surface area contributed by atoms with Crippen molar-refractivity contribution in [3.8, 4) is 0 Å². The van der Waals surface area contributed by atoms with E-state index in [4.69, 9.17) is 23.7 Å². The Hall–Kier alpha value is 0.0169. The Morgan fingerprint density at radius 1 is 0.944 bits per heavy atom. The zero-order valence-electron chi connectivity index (χ0n) is 12.2. The Labute approximate surface area is 112 Å². The molecule has 0 fully saturated rings. The predicted molar refractivity (Wildman–Crippen MR) is 74.3 cm³/mol. The molecule has 1 atom stereocenters. The predicted octanol–water partition coefficient (Wildman–Crippen LogP) is 2.14. The zero-order valence-corrected chi connectivity index (χ0v) is 13.2. The lowest BCUT2D eigenvalue weighted by Crippen LogP contribution is -2.46. The molecule has 18 heavy (non-hydrogen) atoms. The van der Waals surface area contributed by atoms with E-state index in [0.29, 0.717) is 26.4 Å². The van der Waals surface area contributed by atoms with Gasteiger partial charge in [-0.15, -0.1) is 0 Å². The SMILES string of the molecule is CCO[Si](CCCOC(N)CC)(OCC)OCC. The normalized spacial score (nSPS) is 13.8. The maximum atomic E-state index is 5.75. The Morgan fingerprint density at radius 2 is 1.44 bits per heavy atom. The Morgan fingerprint density at radius 3 is 1.83 bits per heavy atom. The van der Waals surface area contributed by atoms with Crippen LogP contribution < -0.4 is 5.73 Å². The van der Waals surface area contributed by atoms with Crippen LogP contribution in [0.15, 0.2) is 0 Å². The van der Waals surface area contributed by atoms with Crippen molar-refractivity contribution in [1.82, 2.24) is 0 Å². The topological polar surface area (TPSA) is 62.9 Å². The minimum absolute atomic E-state index is 0.174. The number of nitrogens with two attached hydrogens (primary N) is 1. The summed E-state index contributed by atoms with van der Waals surface area (Å²) in [6, 6.07) is 0.777. The van der Waals surface area contributed by atoms with Crippen molar-refractivity contribution in [2.24, 2.45) is 5.73 Å². The van der Waals surface area contributed by atoms with Crippen LogP contribution in [0.2, 0.25) is 6.04 Å². The quantitative estimate of drug-likeness (QED) is 0.337. The zero-order chi connectivity index (χ0) is 13.9. The minimum Gasteiger partial charge on any atom is -0.374 e.